The number of nitrogens with one attached hydrogen (secondary N) is 2. The summed E-state index contributed by atoms with van der Waals surface area (Å²) >= 11 is 0. The summed E-state index contributed by atoms with van der Waals surface area (Å²) < 4.78 is 0. The molecule has 0 spiro atoms. The number of hydrogen-bond donors (Lipinski definition) is 2. The molecule has 74 valence electrons. The van der Waals surface area contributed by atoms with Crippen LogP contribution < -0.4 is 10.6 Å². The fourth-order valence-corrected chi connectivity index (χ4v) is 1.88. The van der Waals surface area contributed by atoms with E-state index in [4.69, 9.17) is 0 Å². The van der Waals surface area contributed by atoms with Crippen molar-refractivity contribution in [1.29, 1.82) is 0 Å². The van der Waals surface area contributed by atoms with Crippen molar-refractivity contribution in [3.63, 3.8) is 0 Å². The molecule has 0 atom stereocenters. The average molecular weight is 182 g/mol. The highest BCUT2D eigenvalue weighted by Gasteiger charge is 2.38. The molecule has 2 fully saturated rings. The monoisotopic (exact) mass is 182 g/mol. The first-order valence-corrected chi connectivity index (χ1v) is 5.27. The van der Waals surface area contributed by atoms with Gasteiger partial charge in [-0.2, -0.15) is 0 Å². The van der Waals surface area contributed by atoms with Gasteiger partial charge in [0.2, 0.25) is 0 Å². The van der Waals surface area contributed by atoms with Gasteiger partial charge in [0.25, 0.3) is 0 Å². The maximum absolute atomic E-state index is 11.4. The molecule has 0 aliphatic heterocycles. The maximum Gasteiger partial charge on any atom is 0.315 e. The maximum atomic E-state index is 11.4. The minimum Gasteiger partial charge on any atom is -0.335 e. The van der Waals surface area contributed by atoms with Crippen molar-refractivity contribution < 1.29 is 4.79 Å². The number of urea groups is 1. The van der Waals surface area contributed by atoms with Crippen molar-refractivity contribution in [2.75, 3.05) is 0 Å². The summed E-state index contributed by atoms with van der Waals surface area (Å²) in [5.41, 5.74) is 0.114. The van der Waals surface area contributed by atoms with E-state index in [1.165, 1.54) is 12.8 Å². The van der Waals surface area contributed by atoms with E-state index >= 15 is 0 Å². The molecule has 0 unspecified atom stereocenters. The Morgan fingerprint density at radius 1 is 1.31 bits per heavy atom. The third kappa shape index (κ3) is 2.36. The van der Waals surface area contributed by atoms with E-state index in [2.05, 4.69) is 17.6 Å². The summed E-state index contributed by atoms with van der Waals surface area (Å²) in [7, 11) is 0. The number of rotatable bonds is 2. The highest BCUT2D eigenvalue weighted by atomic mass is 16.2. The Morgan fingerprint density at radius 2 is 1.92 bits per heavy atom. The van der Waals surface area contributed by atoms with Crippen molar-refractivity contribution in [3.05, 3.63) is 0 Å². The lowest BCUT2D eigenvalue weighted by atomic mass is 10.2. The van der Waals surface area contributed by atoms with E-state index in [1.807, 2.05) is 0 Å². The van der Waals surface area contributed by atoms with Crippen molar-refractivity contribution in [2.45, 2.75) is 57.0 Å². The SMILES string of the molecule is CC1(NC(=O)NC2CCCC2)CC1. The van der Waals surface area contributed by atoms with Gasteiger partial charge in [0.15, 0.2) is 0 Å². The summed E-state index contributed by atoms with van der Waals surface area (Å²) in [6.45, 7) is 2.10. The molecule has 2 amide bonds. The molecule has 0 radical (unpaired) electrons. The molecule has 2 rings (SSSR count). The second kappa shape index (κ2) is 3.20. The number of hydrogen-bond acceptors (Lipinski definition) is 1. The predicted octanol–water partition coefficient (Wildman–Crippen LogP) is 1.78. The topological polar surface area (TPSA) is 41.1 Å². The van der Waals surface area contributed by atoms with Crippen LogP contribution in [0, 0.1) is 0 Å². The van der Waals surface area contributed by atoms with Gasteiger partial charge in [-0.05, 0) is 32.6 Å². The van der Waals surface area contributed by atoms with Crippen LogP contribution in [0.1, 0.15) is 45.4 Å². The van der Waals surface area contributed by atoms with Crippen LogP contribution in [0.4, 0.5) is 4.79 Å². The Kier molecular flexibility index (Phi) is 2.18. The van der Waals surface area contributed by atoms with Gasteiger partial charge < -0.3 is 10.6 Å². The third-order valence-corrected chi connectivity index (χ3v) is 3.11. The summed E-state index contributed by atoms with van der Waals surface area (Å²) in [5, 5.41) is 6.03. The van der Waals surface area contributed by atoms with Gasteiger partial charge in [0.05, 0.1) is 0 Å². The fraction of sp³-hybridized carbons (Fsp3) is 0.900. The van der Waals surface area contributed by atoms with Gasteiger partial charge >= 0.3 is 6.03 Å². The smallest absolute Gasteiger partial charge is 0.315 e. The van der Waals surface area contributed by atoms with Crippen molar-refractivity contribution in [2.24, 2.45) is 0 Å². The molecule has 2 aliphatic rings. The van der Waals surface area contributed by atoms with Gasteiger partial charge in [0.1, 0.15) is 0 Å². The highest BCUT2D eigenvalue weighted by Crippen LogP contribution is 2.34. The van der Waals surface area contributed by atoms with Crippen LogP contribution in [0.3, 0.4) is 0 Å². The second-order valence-electron chi connectivity index (χ2n) is 4.64. The van der Waals surface area contributed by atoms with Crippen LogP contribution in [-0.4, -0.2) is 17.6 Å². The van der Waals surface area contributed by atoms with Crippen LogP contribution in [0.25, 0.3) is 0 Å². The summed E-state index contributed by atoms with van der Waals surface area (Å²) in [5.74, 6) is 0. The molecule has 0 bridgehead atoms. The first kappa shape index (κ1) is 8.85. The lowest BCUT2D eigenvalue weighted by Gasteiger charge is -2.16. The molecule has 3 nitrogen and oxygen atoms in total. The second-order valence-corrected chi connectivity index (χ2v) is 4.64. The van der Waals surface area contributed by atoms with Gasteiger partial charge in [-0.15, -0.1) is 0 Å². The van der Waals surface area contributed by atoms with Crippen LogP contribution >= 0.6 is 0 Å². The van der Waals surface area contributed by atoms with Crippen molar-refractivity contribution in [3.8, 4) is 0 Å². The fourth-order valence-electron chi connectivity index (χ4n) is 1.88. The van der Waals surface area contributed by atoms with Crippen molar-refractivity contribution >= 4 is 6.03 Å². The van der Waals surface area contributed by atoms with Gasteiger partial charge in [-0.1, -0.05) is 12.8 Å². The van der Waals surface area contributed by atoms with Gasteiger partial charge in [-0.25, -0.2) is 4.79 Å². The molecule has 0 aromatic heterocycles. The zero-order chi connectivity index (χ0) is 9.31. The Balaban J connectivity index is 1.71. The first-order valence-electron chi connectivity index (χ1n) is 5.27. The zero-order valence-electron chi connectivity index (χ0n) is 8.23. The van der Waals surface area contributed by atoms with E-state index in [-0.39, 0.29) is 11.6 Å². The van der Waals surface area contributed by atoms with Crippen LogP contribution in [0.15, 0.2) is 0 Å². The normalized spacial score (nSPS) is 25.6. The van der Waals surface area contributed by atoms with E-state index in [0.717, 1.165) is 25.7 Å². The molecule has 13 heavy (non-hydrogen) atoms. The molecular formula is C10H18N2O. The molecule has 2 N–H and O–H groups in total. The molecule has 0 aromatic rings. The molecule has 3 heteroatoms. The van der Waals surface area contributed by atoms with Crippen molar-refractivity contribution in [1.82, 2.24) is 10.6 Å². The standard InChI is InChI=1S/C10H18N2O/c1-10(6-7-10)12-9(13)11-8-4-2-3-5-8/h8H,2-7H2,1H3,(H2,11,12,13). The molecule has 2 aliphatic carbocycles. The summed E-state index contributed by atoms with van der Waals surface area (Å²) in [6, 6.07) is 0.467. The molecule has 0 saturated heterocycles. The lowest BCUT2D eigenvalue weighted by molar-refractivity contribution is 0.233. The highest BCUT2D eigenvalue weighted by molar-refractivity contribution is 5.75. The Labute approximate surface area is 79.3 Å². The molecule has 2 saturated carbocycles. The van der Waals surface area contributed by atoms with Crippen LogP contribution in [0.5, 0.6) is 0 Å². The first-order chi connectivity index (χ1) is 6.18. The largest absolute Gasteiger partial charge is 0.335 e. The Hall–Kier alpha value is -0.730. The third-order valence-electron chi connectivity index (χ3n) is 3.11. The minimum absolute atomic E-state index is 0.0342. The van der Waals surface area contributed by atoms with Crippen LogP contribution in [-0.2, 0) is 0 Å². The molecule has 0 heterocycles. The van der Waals surface area contributed by atoms with Crippen LogP contribution in [0.2, 0.25) is 0 Å². The number of carbonyl (C=O) groups excluding carboxylic acids is 1. The lowest BCUT2D eigenvalue weighted by Crippen LogP contribution is -2.45. The number of amides is 2. The molecule has 0 aromatic carbocycles. The molecular weight excluding hydrogens is 164 g/mol. The summed E-state index contributed by atoms with van der Waals surface area (Å²) in [6.07, 6.45) is 7.11. The van der Waals surface area contributed by atoms with Gasteiger partial charge in [0, 0.05) is 11.6 Å². The predicted molar refractivity (Wildman–Crippen MR) is 51.6 cm³/mol. The quantitative estimate of drug-likeness (QED) is 0.671. The zero-order valence-corrected chi connectivity index (χ0v) is 8.23. The Morgan fingerprint density at radius 3 is 2.46 bits per heavy atom. The average Bonchev–Trinajstić information content (AvgIpc) is 2.61. The van der Waals surface area contributed by atoms with E-state index in [9.17, 15) is 4.79 Å². The van der Waals surface area contributed by atoms with Gasteiger partial charge in [-0.3, -0.25) is 0 Å². The van der Waals surface area contributed by atoms with E-state index in [1.54, 1.807) is 0 Å². The van der Waals surface area contributed by atoms with E-state index in [0.29, 0.717) is 6.04 Å². The minimum atomic E-state index is 0.0342. The summed E-state index contributed by atoms with van der Waals surface area (Å²) in [4.78, 5) is 11.4. The van der Waals surface area contributed by atoms with E-state index < -0.39 is 0 Å². The number of carbonyl (C=O) groups is 1. The Bertz CT molecular complexity index is 205.